The van der Waals surface area contributed by atoms with Gasteiger partial charge in [-0.05, 0) is 85.8 Å². The van der Waals surface area contributed by atoms with Gasteiger partial charge in [-0.1, -0.05) is 41.4 Å². The highest BCUT2D eigenvalue weighted by Crippen LogP contribution is 2.41. The average Bonchev–Trinajstić information content (AvgIpc) is 3.11. The lowest BCUT2D eigenvalue weighted by atomic mass is 9.80. The summed E-state index contributed by atoms with van der Waals surface area (Å²) in [6.07, 6.45) is 2.43. The molecule has 3 aliphatic heterocycles. The Balaban J connectivity index is 1.53. The zero-order chi connectivity index (χ0) is 36.4. The van der Waals surface area contributed by atoms with Crippen LogP contribution in [0.5, 0.6) is 11.5 Å². The van der Waals surface area contributed by atoms with E-state index in [9.17, 15) is 19.9 Å². The molecule has 4 heterocycles. The molecule has 268 valence electrons. The number of hydrogen-bond donors (Lipinski definition) is 1. The van der Waals surface area contributed by atoms with Gasteiger partial charge in [-0.15, -0.1) is 0 Å². The number of fused-ring (bicyclic) bond motifs is 3. The third-order valence-electron chi connectivity index (χ3n) is 9.68. The third-order valence-corrected chi connectivity index (χ3v) is 10.3. The molecule has 0 aliphatic carbocycles. The number of pyridine rings is 1. The molecule has 2 bridgehead atoms. The lowest BCUT2D eigenvalue weighted by molar-refractivity contribution is -0.605. The predicted octanol–water partition coefficient (Wildman–Crippen LogP) is 7.23. The number of rotatable bonds is 11. The van der Waals surface area contributed by atoms with Gasteiger partial charge in [-0.2, -0.15) is 4.73 Å². The number of hydrogen-bond acceptors (Lipinski definition) is 7. The van der Waals surface area contributed by atoms with Crippen LogP contribution in [0.3, 0.4) is 0 Å². The molecule has 7 rings (SSSR count). The largest absolute Gasteiger partial charge is 0.619 e. The maximum absolute atomic E-state index is 16.4. The molecule has 3 aliphatic rings. The monoisotopic (exact) mass is 741 g/mol. The van der Waals surface area contributed by atoms with Crippen LogP contribution in [0.1, 0.15) is 51.4 Å². The summed E-state index contributed by atoms with van der Waals surface area (Å²) in [4.78, 5) is 30.2. The van der Waals surface area contributed by atoms with E-state index in [1.165, 1.54) is 38.5 Å². The highest BCUT2D eigenvalue weighted by atomic mass is 35.5. The molecule has 0 radical (unpaired) electrons. The van der Waals surface area contributed by atoms with Gasteiger partial charge < -0.3 is 24.5 Å². The molecule has 1 N–H and O–H groups in total. The van der Waals surface area contributed by atoms with Crippen LogP contribution >= 0.6 is 23.2 Å². The number of halogens is 4. The van der Waals surface area contributed by atoms with Gasteiger partial charge in [0.15, 0.2) is 23.9 Å². The Labute approximate surface area is 303 Å². The van der Waals surface area contributed by atoms with Crippen LogP contribution in [0.25, 0.3) is 0 Å². The van der Waals surface area contributed by atoms with Crippen LogP contribution in [0, 0.1) is 22.8 Å². The SMILES string of the molecule is COc1ccc([C@H](Cc2c(Cl)c[n+]([O-])cc2Cl)c2c(C(=O)O)ccc(F)c2CN(C(=O)O[C@H]2CN3CCC2CC3)c2ccccc2F)cc1OC. The predicted molar refractivity (Wildman–Crippen MR) is 186 cm³/mol. The van der Waals surface area contributed by atoms with Crippen LogP contribution in [0.2, 0.25) is 10.0 Å². The molecular formula is C37H35Cl2F2N3O7. The first-order valence-electron chi connectivity index (χ1n) is 16.3. The Morgan fingerprint density at radius 2 is 1.67 bits per heavy atom. The summed E-state index contributed by atoms with van der Waals surface area (Å²) in [5, 5.41) is 22.6. The molecule has 0 unspecified atom stereocenters. The minimum absolute atomic E-state index is 0.00751. The molecule has 14 heteroatoms. The van der Waals surface area contributed by atoms with Crippen molar-refractivity contribution in [3.05, 3.63) is 122 Å². The zero-order valence-corrected chi connectivity index (χ0v) is 29.3. The van der Waals surface area contributed by atoms with E-state index in [2.05, 4.69) is 4.90 Å². The Kier molecular flexibility index (Phi) is 10.8. The number of amides is 1. The summed E-state index contributed by atoms with van der Waals surface area (Å²) in [6, 6.07) is 12.5. The van der Waals surface area contributed by atoms with Crippen LogP contribution in [-0.2, 0) is 17.7 Å². The summed E-state index contributed by atoms with van der Waals surface area (Å²) in [6.45, 7) is 1.73. The number of carbonyl (C=O) groups excluding carboxylic acids is 1. The molecule has 1 aromatic heterocycles. The summed E-state index contributed by atoms with van der Waals surface area (Å²) in [7, 11) is 2.88. The fraction of sp³-hybridized carbons (Fsp3) is 0.324. The summed E-state index contributed by atoms with van der Waals surface area (Å²) in [5.74, 6) is -3.20. The second-order valence-electron chi connectivity index (χ2n) is 12.6. The van der Waals surface area contributed by atoms with Crippen molar-refractivity contribution in [3.8, 4) is 11.5 Å². The summed E-state index contributed by atoms with van der Waals surface area (Å²) in [5.41, 5.74) is 0.0347. The van der Waals surface area contributed by atoms with Crippen LogP contribution < -0.4 is 19.1 Å². The normalized spacial score (nSPS) is 18.6. The Morgan fingerprint density at radius 1 is 0.980 bits per heavy atom. The molecule has 0 saturated carbocycles. The first kappa shape index (κ1) is 36.2. The summed E-state index contributed by atoms with van der Waals surface area (Å²) < 4.78 is 49.3. The van der Waals surface area contributed by atoms with E-state index in [1.807, 2.05) is 0 Å². The van der Waals surface area contributed by atoms with Crippen molar-refractivity contribution >= 4 is 41.0 Å². The number of carboxylic acid groups (broad SMARTS) is 1. The van der Waals surface area contributed by atoms with E-state index in [0.717, 1.165) is 55.4 Å². The number of carboxylic acids is 1. The highest BCUT2D eigenvalue weighted by molar-refractivity contribution is 6.35. The van der Waals surface area contributed by atoms with Crippen molar-refractivity contribution in [2.75, 3.05) is 38.8 Å². The highest BCUT2D eigenvalue weighted by Gasteiger charge is 2.38. The van der Waals surface area contributed by atoms with Gasteiger partial charge >= 0.3 is 12.1 Å². The van der Waals surface area contributed by atoms with Crippen molar-refractivity contribution in [1.29, 1.82) is 0 Å². The number of aromatic nitrogens is 1. The topological polar surface area (TPSA) is 115 Å². The molecule has 3 aromatic carbocycles. The number of carbonyl (C=O) groups is 2. The smallest absolute Gasteiger partial charge is 0.415 e. The van der Waals surface area contributed by atoms with Crippen molar-refractivity contribution < 1.29 is 42.4 Å². The van der Waals surface area contributed by atoms with E-state index in [4.69, 9.17) is 37.4 Å². The molecule has 3 saturated heterocycles. The van der Waals surface area contributed by atoms with Gasteiger partial charge in [0.2, 0.25) is 0 Å². The number of anilines is 1. The number of piperidine rings is 3. The number of nitrogens with zero attached hydrogens (tertiary/aromatic N) is 3. The Morgan fingerprint density at radius 3 is 2.27 bits per heavy atom. The minimum atomic E-state index is -1.38. The average molecular weight is 743 g/mol. The van der Waals surface area contributed by atoms with Gasteiger partial charge in [0.1, 0.15) is 27.8 Å². The van der Waals surface area contributed by atoms with Gasteiger partial charge in [0.25, 0.3) is 0 Å². The van der Waals surface area contributed by atoms with Crippen molar-refractivity contribution in [2.24, 2.45) is 5.92 Å². The maximum atomic E-state index is 16.4. The fourth-order valence-corrected chi connectivity index (χ4v) is 7.68. The fourth-order valence-electron chi connectivity index (χ4n) is 7.08. The number of para-hydroxylation sites is 1. The van der Waals surface area contributed by atoms with Crippen LogP contribution in [-0.4, -0.2) is 62.0 Å². The number of methoxy groups -OCH3 is 2. The lowest BCUT2D eigenvalue weighted by Gasteiger charge is -2.44. The first-order chi connectivity index (χ1) is 24.5. The number of aromatic carboxylic acids is 1. The van der Waals surface area contributed by atoms with Crippen molar-refractivity contribution in [3.63, 3.8) is 0 Å². The van der Waals surface area contributed by atoms with Crippen LogP contribution in [0.4, 0.5) is 19.3 Å². The van der Waals surface area contributed by atoms with Gasteiger partial charge in [-0.3, -0.25) is 9.80 Å². The molecule has 2 atom stereocenters. The quantitative estimate of drug-likeness (QED) is 0.127. The van der Waals surface area contributed by atoms with Gasteiger partial charge in [0, 0.05) is 23.6 Å². The van der Waals surface area contributed by atoms with E-state index < -0.39 is 42.3 Å². The van der Waals surface area contributed by atoms with Gasteiger partial charge in [0.05, 0.1) is 32.0 Å². The molecular weight excluding hydrogens is 707 g/mol. The van der Waals surface area contributed by atoms with Crippen molar-refractivity contribution in [2.45, 2.75) is 37.8 Å². The minimum Gasteiger partial charge on any atom is -0.619 e. The zero-order valence-electron chi connectivity index (χ0n) is 27.8. The molecule has 3 fully saturated rings. The second-order valence-corrected chi connectivity index (χ2v) is 13.4. The number of benzene rings is 3. The molecule has 4 aromatic rings. The van der Waals surface area contributed by atoms with E-state index in [1.54, 1.807) is 18.2 Å². The second kappa shape index (κ2) is 15.3. The van der Waals surface area contributed by atoms with Crippen LogP contribution in [0.15, 0.2) is 67.0 Å². The Hall–Kier alpha value is -4.65. The number of ether oxygens (including phenoxy) is 3. The van der Waals surface area contributed by atoms with E-state index in [-0.39, 0.29) is 50.3 Å². The lowest BCUT2D eigenvalue weighted by Crippen LogP contribution is -2.53. The van der Waals surface area contributed by atoms with E-state index in [0.29, 0.717) is 28.3 Å². The molecule has 10 nitrogen and oxygen atoms in total. The van der Waals surface area contributed by atoms with Crippen molar-refractivity contribution in [1.82, 2.24) is 4.90 Å². The molecule has 51 heavy (non-hydrogen) atoms. The standard InChI is InChI=1S/C37H35Cl2F2N3O7/c1-49-32-10-7-22(15-33(32)50-2)24(16-25-27(38)18-43(48)19-28(25)39)35-23(36(45)46)8-9-29(40)26(35)17-44(31-6-4-3-5-30(31)41)37(47)51-34-20-42-13-11-21(34)12-14-42/h3-10,15,18-19,21,24,34H,11-14,16-17,20H2,1-2H3,(H,45,46)/t24-,34-/m0/s1. The first-order valence-corrected chi connectivity index (χ1v) is 17.0. The summed E-state index contributed by atoms with van der Waals surface area (Å²) >= 11 is 13.0. The maximum Gasteiger partial charge on any atom is 0.415 e. The third kappa shape index (κ3) is 7.53. The Bertz CT molecular complexity index is 1930. The van der Waals surface area contributed by atoms with E-state index >= 15 is 8.78 Å². The van der Waals surface area contributed by atoms with Gasteiger partial charge in [-0.25, -0.2) is 18.4 Å². The molecule has 0 spiro atoms. The molecule has 1 amide bonds.